The van der Waals surface area contributed by atoms with Crippen LogP contribution < -0.4 is 0 Å². The van der Waals surface area contributed by atoms with Crippen molar-refractivity contribution in [2.75, 3.05) is 6.61 Å². The Kier molecular flexibility index (Phi) is 6.51. The first kappa shape index (κ1) is 23.2. The summed E-state index contributed by atoms with van der Waals surface area (Å²) < 4.78 is 9.39. The number of benzene rings is 1. The molecule has 0 atom stereocenters. The molecule has 0 bridgehead atoms. The number of fused-ring (bicyclic) bond motifs is 1. The second-order valence-electron chi connectivity index (χ2n) is 8.29. The molecule has 0 fully saturated rings. The monoisotopic (exact) mass is 455 g/mol. The largest absolute Gasteiger partial charge is 0.461 e. The first-order valence-corrected chi connectivity index (χ1v) is 11.6. The molecule has 0 radical (unpaired) electrons. The molecule has 0 unspecified atom stereocenters. The molecule has 0 aliphatic carbocycles. The molecule has 34 heavy (non-hydrogen) atoms. The number of carbonyl (C=O) groups is 1. The van der Waals surface area contributed by atoms with Crippen molar-refractivity contribution < 1.29 is 9.53 Å². The van der Waals surface area contributed by atoms with Gasteiger partial charge >= 0.3 is 5.97 Å². The average Bonchev–Trinajstić information content (AvgIpc) is 3.36. The van der Waals surface area contributed by atoms with Crippen LogP contribution in [0.25, 0.3) is 22.4 Å². The fourth-order valence-corrected chi connectivity index (χ4v) is 4.46. The van der Waals surface area contributed by atoms with Crippen molar-refractivity contribution >= 4 is 17.1 Å². The SMILES string of the molecule is CCOC(=O)c1cc(C)c2nc(CC)n(Cc3ccc(-c4c(C#N)cc(C)n4CC)cc3)c2n1. The Bertz CT molecular complexity index is 1400. The van der Waals surface area contributed by atoms with Crippen LogP contribution >= 0.6 is 0 Å². The van der Waals surface area contributed by atoms with E-state index >= 15 is 0 Å². The smallest absolute Gasteiger partial charge is 0.357 e. The number of imidazole rings is 1. The number of hydrogen-bond acceptors (Lipinski definition) is 5. The number of esters is 1. The van der Waals surface area contributed by atoms with Gasteiger partial charge in [-0.05, 0) is 56.5 Å². The van der Waals surface area contributed by atoms with Gasteiger partial charge < -0.3 is 13.9 Å². The van der Waals surface area contributed by atoms with E-state index in [9.17, 15) is 10.1 Å². The molecule has 4 rings (SSSR count). The number of hydrogen-bond donors (Lipinski definition) is 0. The average molecular weight is 456 g/mol. The summed E-state index contributed by atoms with van der Waals surface area (Å²) in [6.45, 7) is 11.6. The Labute approximate surface area is 199 Å². The number of nitrogens with zero attached hydrogens (tertiary/aromatic N) is 5. The first-order valence-electron chi connectivity index (χ1n) is 11.6. The van der Waals surface area contributed by atoms with E-state index in [0.717, 1.165) is 52.4 Å². The van der Waals surface area contributed by atoms with Gasteiger partial charge in [-0.3, -0.25) is 0 Å². The van der Waals surface area contributed by atoms with E-state index < -0.39 is 5.97 Å². The lowest BCUT2D eigenvalue weighted by molar-refractivity contribution is 0.0519. The van der Waals surface area contributed by atoms with E-state index in [4.69, 9.17) is 9.72 Å². The van der Waals surface area contributed by atoms with E-state index in [0.29, 0.717) is 30.1 Å². The molecule has 7 heteroatoms. The molecule has 7 nitrogen and oxygen atoms in total. The lowest BCUT2D eigenvalue weighted by Gasteiger charge is -2.12. The Morgan fingerprint density at radius 1 is 1.06 bits per heavy atom. The van der Waals surface area contributed by atoms with Crippen LogP contribution in [-0.2, 0) is 24.2 Å². The van der Waals surface area contributed by atoms with Gasteiger partial charge in [-0.15, -0.1) is 0 Å². The number of aromatic nitrogens is 4. The standard InChI is InChI=1S/C27H29N5O2/c1-6-23-30-24-17(4)13-22(27(33)34-8-3)29-26(24)32(23)16-19-9-11-20(12-10-19)25-21(15-28)14-18(5)31(25)7-2/h9-14H,6-8,16H2,1-5H3. The van der Waals surface area contributed by atoms with Crippen LogP contribution in [0.4, 0.5) is 0 Å². The van der Waals surface area contributed by atoms with Gasteiger partial charge in [-0.25, -0.2) is 14.8 Å². The predicted molar refractivity (Wildman–Crippen MR) is 132 cm³/mol. The van der Waals surface area contributed by atoms with E-state index in [2.05, 4.69) is 58.3 Å². The minimum Gasteiger partial charge on any atom is -0.461 e. The van der Waals surface area contributed by atoms with E-state index in [1.54, 1.807) is 13.0 Å². The maximum absolute atomic E-state index is 12.3. The van der Waals surface area contributed by atoms with Crippen LogP contribution in [0.15, 0.2) is 36.4 Å². The maximum Gasteiger partial charge on any atom is 0.357 e. The van der Waals surface area contributed by atoms with Crippen LogP contribution in [0.5, 0.6) is 0 Å². The molecule has 0 aliphatic rings. The minimum atomic E-state index is -0.426. The van der Waals surface area contributed by atoms with Gasteiger partial charge in [0.15, 0.2) is 11.3 Å². The summed E-state index contributed by atoms with van der Waals surface area (Å²) >= 11 is 0. The van der Waals surface area contributed by atoms with E-state index in [1.807, 2.05) is 19.9 Å². The number of pyridine rings is 1. The number of carbonyl (C=O) groups excluding carboxylic acids is 1. The third-order valence-electron chi connectivity index (χ3n) is 6.08. The van der Waals surface area contributed by atoms with Crippen molar-refractivity contribution in [1.82, 2.24) is 19.1 Å². The van der Waals surface area contributed by atoms with Crippen molar-refractivity contribution in [3.63, 3.8) is 0 Å². The molecular formula is C27H29N5O2. The molecule has 0 saturated heterocycles. The lowest BCUT2D eigenvalue weighted by Crippen LogP contribution is -2.10. The predicted octanol–water partition coefficient (Wildman–Crippen LogP) is 5.20. The molecule has 174 valence electrons. The van der Waals surface area contributed by atoms with Crippen LogP contribution in [0, 0.1) is 25.2 Å². The number of rotatable bonds is 7. The van der Waals surface area contributed by atoms with Crippen LogP contribution in [0.3, 0.4) is 0 Å². The van der Waals surface area contributed by atoms with Gasteiger partial charge in [0.05, 0.1) is 24.4 Å². The van der Waals surface area contributed by atoms with Crippen molar-refractivity contribution in [3.8, 4) is 17.3 Å². The van der Waals surface area contributed by atoms with Gasteiger partial charge in [0.2, 0.25) is 0 Å². The highest BCUT2D eigenvalue weighted by Crippen LogP contribution is 2.28. The molecule has 4 aromatic rings. The third-order valence-corrected chi connectivity index (χ3v) is 6.08. The highest BCUT2D eigenvalue weighted by Gasteiger charge is 2.18. The van der Waals surface area contributed by atoms with Crippen molar-refractivity contribution in [1.29, 1.82) is 5.26 Å². The second kappa shape index (κ2) is 9.52. The zero-order chi connectivity index (χ0) is 24.4. The van der Waals surface area contributed by atoms with E-state index in [1.165, 1.54) is 0 Å². The summed E-state index contributed by atoms with van der Waals surface area (Å²) in [6, 6.07) is 14.3. The molecule has 1 aromatic carbocycles. The summed E-state index contributed by atoms with van der Waals surface area (Å²) in [5, 5.41) is 9.60. The molecule has 0 amide bonds. The van der Waals surface area contributed by atoms with Crippen molar-refractivity contribution in [2.24, 2.45) is 0 Å². The Morgan fingerprint density at radius 2 is 1.79 bits per heavy atom. The quantitative estimate of drug-likeness (QED) is 0.358. The minimum absolute atomic E-state index is 0.297. The van der Waals surface area contributed by atoms with Crippen molar-refractivity contribution in [3.05, 3.63) is 70.3 Å². The third kappa shape index (κ3) is 4.08. The van der Waals surface area contributed by atoms with Crippen molar-refractivity contribution in [2.45, 2.75) is 54.1 Å². The fourth-order valence-electron chi connectivity index (χ4n) is 4.46. The van der Waals surface area contributed by atoms with Gasteiger partial charge in [-0.1, -0.05) is 31.2 Å². The zero-order valence-corrected chi connectivity index (χ0v) is 20.3. The summed E-state index contributed by atoms with van der Waals surface area (Å²) in [5.74, 6) is 0.489. The molecule has 0 N–H and O–H groups in total. The molecule has 0 saturated carbocycles. The van der Waals surface area contributed by atoms with Crippen LogP contribution in [0.2, 0.25) is 0 Å². The summed E-state index contributed by atoms with van der Waals surface area (Å²) in [7, 11) is 0. The first-order chi connectivity index (χ1) is 16.4. The maximum atomic E-state index is 12.3. The van der Waals surface area contributed by atoms with Gasteiger partial charge in [0.25, 0.3) is 0 Å². The molecule has 0 spiro atoms. The Morgan fingerprint density at radius 3 is 2.41 bits per heavy atom. The number of nitriles is 1. The number of ether oxygens (including phenoxy) is 1. The summed E-state index contributed by atoms with van der Waals surface area (Å²) in [4.78, 5) is 21.7. The van der Waals surface area contributed by atoms with Gasteiger partial charge in [0.1, 0.15) is 17.4 Å². The Balaban J connectivity index is 1.73. The number of aryl methyl sites for hydroxylation is 3. The summed E-state index contributed by atoms with van der Waals surface area (Å²) in [6.07, 6.45) is 0.747. The topological polar surface area (TPSA) is 85.7 Å². The normalized spacial score (nSPS) is 11.1. The molecule has 0 aliphatic heterocycles. The molecule has 3 heterocycles. The highest BCUT2D eigenvalue weighted by molar-refractivity contribution is 5.91. The lowest BCUT2D eigenvalue weighted by atomic mass is 10.1. The highest BCUT2D eigenvalue weighted by atomic mass is 16.5. The molecule has 3 aromatic heterocycles. The van der Waals surface area contributed by atoms with Gasteiger partial charge in [0, 0.05) is 18.7 Å². The van der Waals surface area contributed by atoms with Crippen LogP contribution in [0.1, 0.15) is 59.5 Å². The Hall–Kier alpha value is -3.92. The van der Waals surface area contributed by atoms with E-state index in [-0.39, 0.29) is 0 Å². The van der Waals surface area contributed by atoms with Gasteiger partial charge in [-0.2, -0.15) is 5.26 Å². The molecular weight excluding hydrogens is 426 g/mol. The zero-order valence-electron chi connectivity index (χ0n) is 20.3. The fraction of sp³-hybridized carbons (Fsp3) is 0.333. The summed E-state index contributed by atoms with van der Waals surface area (Å²) in [5.41, 5.74) is 7.50. The second-order valence-corrected chi connectivity index (χ2v) is 8.29. The van der Waals surface area contributed by atoms with Crippen LogP contribution in [-0.4, -0.2) is 31.7 Å².